The molecule has 0 saturated carbocycles. The van der Waals surface area contributed by atoms with E-state index in [-0.39, 0.29) is 0 Å². The highest BCUT2D eigenvalue weighted by Gasteiger charge is 2.17. The summed E-state index contributed by atoms with van der Waals surface area (Å²) in [5.74, 6) is 0.469. The molecule has 12 heavy (non-hydrogen) atoms. The van der Waals surface area contributed by atoms with E-state index in [1.165, 1.54) is 6.21 Å². The third-order valence-corrected chi connectivity index (χ3v) is 2.13. The first-order valence-corrected chi connectivity index (χ1v) is 4.51. The lowest BCUT2D eigenvalue weighted by Gasteiger charge is -2.21. The van der Waals surface area contributed by atoms with E-state index in [0.29, 0.717) is 5.92 Å². The van der Waals surface area contributed by atoms with Crippen LogP contribution in [0.1, 0.15) is 19.8 Å². The molecular weight excluding hydrogens is 152 g/mol. The number of aliphatic imine (C=N–C) groups is 1. The van der Waals surface area contributed by atoms with Crippen molar-refractivity contribution in [2.45, 2.75) is 19.8 Å². The molecule has 1 fully saturated rings. The number of hydrogen-bond donors (Lipinski definition) is 1. The van der Waals surface area contributed by atoms with Gasteiger partial charge in [-0.25, -0.2) is 0 Å². The highest BCUT2D eigenvalue weighted by Crippen LogP contribution is 2.15. The molecule has 0 aromatic heterocycles. The molecule has 1 saturated heterocycles. The van der Waals surface area contributed by atoms with Gasteiger partial charge in [-0.15, -0.1) is 0 Å². The van der Waals surface area contributed by atoms with Gasteiger partial charge in [0.15, 0.2) is 0 Å². The van der Waals surface area contributed by atoms with Crippen molar-refractivity contribution in [1.82, 2.24) is 0 Å². The summed E-state index contributed by atoms with van der Waals surface area (Å²) in [5.41, 5.74) is 0.945. The minimum absolute atomic E-state index is 0.469. The van der Waals surface area contributed by atoms with Crippen LogP contribution in [0, 0.1) is 11.3 Å². The van der Waals surface area contributed by atoms with Crippen LogP contribution < -0.4 is 0 Å². The zero-order valence-corrected chi connectivity index (χ0v) is 7.55. The fourth-order valence-electron chi connectivity index (χ4n) is 1.47. The lowest BCUT2D eigenvalue weighted by atomic mass is 9.95. The summed E-state index contributed by atoms with van der Waals surface area (Å²) in [5, 5.41) is 7.20. The molecule has 3 heteroatoms. The molecular formula is C9H16N2O. The number of nitrogens with zero attached hydrogens (tertiary/aromatic N) is 1. The smallest absolute Gasteiger partial charge is 0.0556 e. The molecule has 3 nitrogen and oxygen atoms in total. The maximum atomic E-state index is 7.20. The zero-order valence-electron chi connectivity index (χ0n) is 7.55. The van der Waals surface area contributed by atoms with Crippen LogP contribution in [0.4, 0.5) is 0 Å². The van der Waals surface area contributed by atoms with Crippen molar-refractivity contribution in [2.75, 3.05) is 19.8 Å². The van der Waals surface area contributed by atoms with Gasteiger partial charge in [0.05, 0.1) is 5.71 Å². The molecule has 1 N–H and O–H groups in total. The van der Waals surface area contributed by atoms with E-state index >= 15 is 0 Å². The Morgan fingerprint density at radius 1 is 1.58 bits per heavy atom. The van der Waals surface area contributed by atoms with Gasteiger partial charge in [-0.1, -0.05) is 0 Å². The van der Waals surface area contributed by atoms with Gasteiger partial charge in [0, 0.05) is 31.9 Å². The summed E-state index contributed by atoms with van der Waals surface area (Å²) >= 11 is 0. The van der Waals surface area contributed by atoms with Crippen LogP contribution >= 0.6 is 0 Å². The molecule has 1 rings (SSSR count). The Balaban J connectivity index is 2.51. The van der Waals surface area contributed by atoms with Crippen molar-refractivity contribution in [3.05, 3.63) is 0 Å². The maximum absolute atomic E-state index is 7.20. The van der Waals surface area contributed by atoms with Crippen molar-refractivity contribution in [2.24, 2.45) is 10.9 Å². The Labute approximate surface area is 73.3 Å². The first kappa shape index (κ1) is 9.39. The summed E-state index contributed by atoms with van der Waals surface area (Å²) in [4.78, 5) is 4.28. The van der Waals surface area contributed by atoms with Crippen molar-refractivity contribution in [3.8, 4) is 0 Å². The van der Waals surface area contributed by atoms with Crippen molar-refractivity contribution >= 4 is 11.9 Å². The predicted molar refractivity (Wildman–Crippen MR) is 50.3 cm³/mol. The van der Waals surface area contributed by atoms with Crippen LogP contribution in [0.15, 0.2) is 4.99 Å². The van der Waals surface area contributed by atoms with Crippen LogP contribution in [-0.4, -0.2) is 31.7 Å². The van der Waals surface area contributed by atoms with Gasteiger partial charge < -0.3 is 10.1 Å². The molecule has 0 radical (unpaired) electrons. The zero-order chi connectivity index (χ0) is 8.81. The molecule has 0 aliphatic carbocycles. The molecule has 68 valence electrons. The first-order valence-electron chi connectivity index (χ1n) is 4.51. The largest absolute Gasteiger partial charge is 0.381 e. The highest BCUT2D eigenvalue weighted by atomic mass is 16.5. The van der Waals surface area contributed by atoms with Crippen LogP contribution in [0.2, 0.25) is 0 Å². The summed E-state index contributed by atoms with van der Waals surface area (Å²) in [7, 11) is 0. The van der Waals surface area contributed by atoms with Gasteiger partial charge in [0.2, 0.25) is 0 Å². The average molecular weight is 168 g/mol. The fraction of sp³-hybridized carbons (Fsp3) is 0.778. The molecule has 0 bridgehead atoms. The van der Waals surface area contributed by atoms with E-state index in [2.05, 4.69) is 4.99 Å². The Hall–Kier alpha value is -0.700. The monoisotopic (exact) mass is 168 g/mol. The minimum Gasteiger partial charge on any atom is -0.381 e. The molecule has 0 unspecified atom stereocenters. The molecule has 1 aliphatic rings. The normalized spacial score (nSPS) is 20.9. The van der Waals surface area contributed by atoms with E-state index < -0.39 is 0 Å². The number of hydrogen-bond acceptors (Lipinski definition) is 3. The highest BCUT2D eigenvalue weighted by molar-refractivity contribution is 6.30. The van der Waals surface area contributed by atoms with Crippen LogP contribution in [0.3, 0.4) is 0 Å². The molecule has 0 atom stereocenters. The Bertz CT molecular complexity index is 171. The van der Waals surface area contributed by atoms with Crippen LogP contribution in [0.25, 0.3) is 0 Å². The predicted octanol–water partition coefficient (Wildman–Crippen LogP) is 1.52. The Morgan fingerprint density at radius 2 is 2.25 bits per heavy atom. The quantitative estimate of drug-likeness (QED) is 0.638. The van der Waals surface area contributed by atoms with Crippen LogP contribution in [0.5, 0.6) is 0 Å². The molecule has 0 amide bonds. The van der Waals surface area contributed by atoms with E-state index in [9.17, 15) is 0 Å². The average Bonchev–Trinajstić information content (AvgIpc) is 2.15. The maximum Gasteiger partial charge on any atom is 0.0556 e. The number of ether oxygens (including phenoxy) is 1. The number of nitrogens with one attached hydrogen (secondary N) is 1. The summed E-state index contributed by atoms with van der Waals surface area (Å²) in [6.07, 6.45) is 3.43. The van der Waals surface area contributed by atoms with Crippen molar-refractivity contribution in [3.63, 3.8) is 0 Å². The van der Waals surface area contributed by atoms with E-state index in [0.717, 1.165) is 38.3 Å². The van der Waals surface area contributed by atoms with Gasteiger partial charge in [-0.3, -0.25) is 4.99 Å². The van der Waals surface area contributed by atoms with E-state index in [4.69, 9.17) is 10.1 Å². The minimum atomic E-state index is 0.469. The molecule has 0 aromatic rings. The Morgan fingerprint density at radius 3 is 2.75 bits per heavy atom. The molecule has 0 aromatic carbocycles. The molecule has 0 spiro atoms. The molecule has 1 aliphatic heterocycles. The lowest BCUT2D eigenvalue weighted by molar-refractivity contribution is 0.0832. The van der Waals surface area contributed by atoms with Crippen molar-refractivity contribution in [1.29, 1.82) is 5.41 Å². The summed E-state index contributed by atoms with van der Waals surface area (Å²) in [6, 6.07) is 0. The third kappa shape index (κ3) is 2.41. The third-order valence-electron chi connectivity index (χ3n) is 2.13. The summed E-state index contributed by atoms with van der Waals surface area (Å²) in [6.45, 7) is 4.42. The van der Waals surface area contributed by atoms with Gasteiger partial charge in [0.1, 0.15) is 0 Å². The van der Waals surface area contributed by atoms with Gasteiger partial charge in [-0.05, 0) is 19.8 Å². The summed E-state index contributed by atoms with van der Waals surface area (Å²) < 4.78 is 5.24. The topological polar surface area (TPSA) is 45.4 Å². The van der Waals surface area contributed by atoms with Gasteiger partial charge in [-0.2, -0.15) is 0 Å². The van der Waals surface area contributed by atoms with Crippen molar-refractivity contribution < 1.29 is 4.74 Å². The molecule has 1 heterocycles. The second kappa shape index (κ2) is 5.04. The number of rotatable bonds is 3. The Kier molecular flexibility index (Phi) is 3.94. The van der Waals surface area contributed by atoms with Gasteiger partial charge >= 0.3 is 0 Å². The second-order valence-electron chi connectivity index (χ2n) is 2.93. The lowest BCUT2D eigenvalue weighted by Crippen LogP contribution is -2.24. The van der Waals surface area contributed by atoms with Gasteiger partial charge in [0.25, 0.3) is 0 Å². The standard InChI is InChI=1S/C9H16N2O/c1-2-11-9(7-10)8-3-5-12-6-4-8/h7-8,10H,2-6H2,1H3. The fourth-order valence-corrected chi connectivity index (χ4v) is 1.47. The van der Waals surface area contributed by atoms with Crippen LogP contribution in [-0.2, 0) is 4.74 Å². The SMILES string of the molecule is CCN=C(C=N)C1CCOCC1. The second-order valence-corrected chi connectivity index (χ2v) is 2.93. The first-order chi connectivity index (χ1) is 5.88. The van der Waals surface area contributed by atoms with E-state index in [1.807, 2.05) is 6.92 Å². The van der Waals surface area contributed by atoms with E-state index in [1.54, 1.807) is 0 Å².